The minimum absolute atomic E-state index is 0.0520. The predicted octanol–water partition coefficient (Wildman–Crippen LogP) is 1.03. The normalized spacial score (nSPS) is 26.3. The fourth-order valence-corrected chi connectivity index (χ4v) is 4.55. The van der Waals surface area contributed by atoms with E-state index in [0.29, 0.717) is 11.8 Å². The first-order valence-electron chi connectivity index (χ1n) is 8.92. The smallest absolute Gasteiger partial charge is 0.404 e. The summed E-state index contributed by atoms with van der Waals surface area (Å²) in [7, 11) is -4.41. The quantitative estimate of drug-likeness (QED) is 0.464. The molecule has 3 atom stereocenters. The molecule has 3 N–H and O–H groups in total. The Morgan fingerprint density at radius 2 is 2.10 bits per heavy atom. The highest BCUT2D eigenvalue weighted by molar-refractivity contribution is 7.49. The molecule has 4 rings (SSSR count). The number of nitrogens with zero attached hydrogens (tertiary/aromatic N) is 1. The molecule has 0 amide bonds. The zero-order valence-corrected chi connectivity index (χ0v) is 16.5. The Labute approximate surface area is 168 Å². The lowest BCUT2D eigenvalue weighted by Gasteiger charge is -2.32. The first-order valence-corrected chi connectivity index (χ1v) is 10.4. The van der Waals surface area contributed by atoms with Crippen molar-refractivity contribution in [3.05, 3.63) is 62.2 Å². The number of benzene rings is 1. The maximum atomic E-state index is 13.5. The minimum Gasteiger partial charge on any atom is -0.404 e. The van der Waals surface area contributed by atoms with Gasteiger partial charge < -0.3 is 19.5 Å². The molecular weight excluding hydrogens is 426 g/mol. The predicted molar refractivity (Wildman–Crippen MR) is 96.9 cm³/mol. The molecule has 30 heavy (non-hydrogen) atoms. The number of H-pyrrole nitrogens is 1. The van der Waals surface area contributed by atoms with Gasteiger partial charge >= 0.3 is 19.5 Å². The minimum atomic E-state index is -4.41. The van der Waals surface area contributed by atoms with Crippen LogP contribution in [0.2, 0.25) is 0 Å². The molecule has 2 aliphatic heterocycles. The van der Waals surface area contributed by atoms with E-state index in [-0.39, 0.29) is 25.2 Å². The number of aromatic nitrogens is 2. The van der Waals surface area contributed by atoms with Crippen molar-refractivity contribution in [3.8, 4) is 5.75 Å². The van der Waals surface area contributed by atoms with Crippen molar-refractivity contribution in [2.45, 2.75) is 44.7 Å². The third-order valence-electron chi connectivity index (χ3n) is 4.70. The summed E-state index contributed by atoms with van der Waals surface area (Å²) in [5, 5.41) is 20.6. The Morgan fingerprint density at radius 3 is 2.87 bits per heavy atom. The summed E-state index contributed by atoms with van der Waals surface area (Å²) in [5.41, 5.74) is -0.583. The van der Waals surface area contributed by atoms with E-state index >= 15 is 0 Å². The molecule has 1 saturated heterocycles. The van der Waals surface area contributed by atoms with E-state index in [2.05, 4.69) is 0 Å². The van der Waals surface area contributed by atoms with E-state index in [1.807, 2.05) is 6.92 Å². The van der Waals surface area contributed by atoms with E-state index < -0.39 is 43.2 Å². The molecule has 0 spiro atoms. The third-order valence-corrected chi connectivity index (χ3v) is 6.06. The van der Waals surface area contributed by atoms with E-state index in [1.54, 1.807) is 23.2 Å². The molecule has 0 bridgehead atoms. The zero-order valence-electron chi connectivity index (χ0n) is 15.6. The summed E-state index contributed by atoms with van der Waals surface area (Å²) in [6.07, 6.45) is -1.94. The average Bonchev–Trinajstić information content (AvgIpc) is 3.15. The number of aliphatic hydroxyl groups is 2. The van der Waals surface area contributed by atoms with Crippen molar-refractivity contribution in [2.24, 2.45) is 0 Å². The van der Waals surface area contributed by atoms with Gasteiger partial charge in [-0.05, 0) is 25.8 Å². The fourth-order valence-electron chi connectivity index (χ4n) is 3.25. The van der Waals surface area contributed by atoms with Crippen LogP contribution in [-0.2, 0) is 25.0 Å². The number of hydrogen-bond acceptors (Lipinski definition) is 9. The topological polar surface area (TPSA) is 149 Å². The summed E-state index contributed by atoms with van der Waals surface area (Å²) in [6.45, 7) is 1.72. The molecule has 2 aliphatic rings. The number of aryl methyl sites for hydroxylation is 1. The lowest BCUT2D eigenvalue weighted by atomic mass is 10.1. The van der Waals surface area contributed by atoms with Gasteiger partial charge in [-0.3, -0.25) is 18.9 Å². The van der Waals surface area contributed by atoms with Crippen molar-refractivity contribution >= 4 is 7.82 Å². The van der Waals surface area contributed by atoms with E-state index in [4.69, 9.17) is 18.3 Å². The van der Waals surface area contributed by atoms with Crippen LogP contribution in [0.3, 0.4) is 0 Å². The van der Waals surface area contributed by atoms with Gasteiger partial charge in [0.2, 0.25) is 5.82 Å². The summed E-state index contributed by atoms with van der Waals surface area (Å²) in [4.78, 5) is 24.8. The maximum Gasteiger partial charge on any atom is 0.534 e. The Balaban J connectivity index is 1.49. The highest BCUT2D eigenvalue weighted by Crippen LogP contribution is 2.57. The Kier molecular flexibility index (Phi) is 5.17. The van der Waals surface area contributed by atoms with Crippen LogP contribution in [0.15, 0.2) is 34.0 Å². The van der Waals surface area contributed by atoms with Gasteiger partial charge in [-0.2, -0.15) is 4.39 Å². The number of phosphoric acid groups is 1. The van der Waals surface area contributed by atoms with Crippen LogP contribution < -0.4 is 15.8 Å². The van der Waals surface area contributed by atoms with Crippen LogP contribution >= 0.6 is 7.82 Å². The van der Waals surface area contributed by atoms with Gasteiger partial charge in [0.1, 0.15) is 18.1 Å². The van der Waals surface area contributed by atoms with Gasteiger partial charge in [0.05, 0.1) is 12.8 Å². The fraction of sp³-hybridized carbons (Fsp3) is 0.412. The number of nitrogens with one attached hydrogen (secondary N) is 1. The van der Waals surface area contributed by atoms with E-state index in [1.165, 1.54) is 0 Å². The number of ether oxygens (including phenoxy) is 1. The largest absolute Gasteiger partial charge is 0.534 e. The van der Waals surface area contributed by atoms with Crippen LogP contribution in [0.4, 0.5) is 4.39 Å². The molecular formula is C17H18FN2O9P. The van der Waals surface area contributed by atoms with E-state index in [0.717, 1.165) is 10.1 Å². The molecule has 2 aromatic rings. The monoisotopic (exact) mass is 444 g/mol. The van der Waals surface area contributed by atoms with Gasteiger partial charge in [-0.1, -0.05) is 17.7 Å². The van der Waals surface area contributed by atoms with Crippen LogP contribution in [0, 0.1) is 12.7 Å². The number of rotatable bonds is 4. The molecule has 11 nitrogen and oxygen atoms in total. The first kappa shape index (κ1) is 20.9. The number of halogens is 1. The Morgan fingerprint density at radius 1 is 1.33 bits per heavy atom. The molecule has 0 radical (unpaired) electrons. The molecule has 1 aromatic heterocycles. The molecule has 3 unspecified atom stereocenters. The van der Waals surface area contributed by atoms with Crippen molar-refractivity contribution in [1.29, 1.82) is 0 Å². The van der Waals surface area contributed by atoms with E-state index in [9.17, 15) is 28.8 Å². The van der Waals surface area contributed by atoms with Crippen LogP contribution in [0.5, 0.6) is 5.75 Å². The van der Waals surface area contributed by atoms with Crippen molar-refractivity contribution in [3.63, 3.8) is 0 Å². The first-order chi connectivity index (χ1) is 14.1. The molecule has 1 aromatic carbocycles. The van der Waals surface area contributed by atoms with Crippen molar-refractivity contribution < 1.29 is 37.5 Å². The summed E-state index contributed by atoms with van der Waals surface area (Å²) in [6, 6.07) is 5.03. The van der Waals surface area contributed by atoms with Gasteiger partial charge in [0, 0.05) is 5.56 Å². The average molecular weight is 444 g/mol. The summed E-state index contributed by atoms with van der Waals surface area (Å²) < 4.78 is 47.6. The molecule has 162 valence electrons. The van der Waals surface area contributed by atoms with Crippen molar-refractivity contribution in [1.82, 2.24) is 9.55 Å². The number of aromatic amines is 1. The number of hydrogen-bond donors (Lipinski definition) is 3. The molecule has 13 heteroatoms. The lowest BCUT2D eigenvalue weighted by molar-refractivity contribution is -0.349. The summed E-state index contributed by atoms with van der Waals surface area (Å²) >= 11 is 0. The molecule has 1 fully saturated rings. The second kappa shape index (κ2) is 7.41. The van der Waals surface area contributed by atoms with Crippen LogP contribution in [0.25, 0.3) is 0 Å². The Bertz CT molecular complexity index is 1140. The highest BCUT2D eigenvalue weighted by atomic mass is 31.2. The van der Waals surface area contributed by atoms with Crippen LogP contribution in [0.1, 0.15) is 30.2 Å². The molecule has 0 saturated carbocycles. The zero-order chi connectivity index (χ0) is 21.7. The van der Waals surface area contributed by atoms with Crippen molar-refractivity contribution in [2.75, 3.05) is 0 Å². The SMILES string of the molecule is Cc1ccc2c(c1)COP(=O)(OC(O)(O)C1CCC(n3cc(F)c(=O)[nH]c3=O)O1)O2. The highest BCUT2D eigenvalue weighted by Gasteiger charge is 2.50. The van der Waals surface area contributed by atoms with Gasteiger partial charge in [0.15, 0.2) is 0 Å². The maximum absolute atomic E-state index is 13.5. The van der Waals surface area contributed by atoms with Crippen LogP contribution in [-0.4, -0.2) is 31.8 Å². The standard InChI is InChI=1S/C17H18FN2O9P/c1-9-2-3-12-10(6-9)8-26-30(25,28-12)29-17(23,24)13-4-5-14(27-13)20-7-11(18)15(21)19-16(20)22/h2-3,6-7,13-14,23-24H,4-5,8H2,1H3,(H,19,21,22). The third kappa shape index (κ3) is 3.97. The summed E-state index contributed by atoms with van der Waals surface area (Å²) in [5.74, 6) is -4.09. The second-order valence-electron chi connectivity index (χ2n) is 6.97. The number of fused-ring (bicyclic) bond motifs is 1. The van der Waals surface area contributed by atoms with Gasteiger partial charge in [-0.25, -0.2) is 13.9 Å². The number of phosphoric ester groups is 1. The Hall–Kier alpha value is -2.34. The lowest BCUT2D eigenvalue weighted by Crippen LogP contribution is -2.45. The molecule has 3 heterocycles. The van der Waals surface area contributed by atoms with Gasteiger partial charge in [0.25, 0.3) is 5.56 Å². The second-order valence-corrected chi connectivity index (χ2v) is 8.49. The van der Waals surface area contributed by atoms with Gasteiger partial charge in [-0.15, -0.1) is 0 Å². The molecule has 0 aliphatic carbocycles.